The molecule has 0 aromatic carbocycles. The van der Waals surface area contributed by atoms with Crippen LogP contribution < -0.4 is 5.32 Å². The van der Waals surface area contributed by atoms with Gasteiger partial charge in [-0.15, -0.1) is 11.6 Å². The normalized spacial score (nSPS) is 10.5. The number of carbonyl (C=O) groups excluding carboxylic acids is 1. The van der Waals surface area contributed by atoms with E-state index in [0.29, 0.717) is 18.0 Å². The van der Waals surface area contributed by atoms with Crippen LogP contribution in [0.2, 0.25) is 0 Å². The van der Waals surface area contributed by atoms with Crippen molar-refractivity contribution in [1.82, 2.24) is 10.3 Å². The maximum Gasteiger partial charge on any atom is 0.253 e. The number of amides is 1. The van der Waals surface area contributed by atoms with Gasteiger partial charge in [-0.25, -0.2) is 0 Å². The number of aromatic nitrogens is 1. The summed E-state index contributed by atoms with van der Waals surface area (Å²) in [6.07, 6.45) is 6.73. The second kappa shape index (κ2) is 6.58. The Hall–Kier alpha value is -0.870. The molecule has 1 heterocycles. The van der Waals surface area contributed by atoms with Gasteiger partial charge in [0, 0.05) is 29.3 Å². The first kappa shape index (κ1) is 12.2. The number of allylic oxidation sites excluding steroid dienone is 1. The minimum atomic E-state index is -0.150. The van der Waals surface area contributed by atoms with Crippen molar-refractivity contribution >= 4 is 33.4 Å². The predicted molar refractivity (Wildman–Crippen MR) is 64.1 cm³/mol. The molecule has 0 fully saturated rings. The van der Waals surface area contributed by atoms with Gasteiger partial charge in [-0.2, -0.15) is 0 Å². The van der Waals surface area contributed by atoms with Crippen molar-refractivity contribution < 1.29 is 4.79 Å². The highest BCUT2D eigenvalue weighted by Gasteiger charge is 2.03. The van der Waals surface area contributed by atoms with Crippen LogP contribution in [0.25, 0.3) is 0 Å². The van der Waals surface area contributed by atoms with Crippen LogP contribution in [0.4, 0.5) is 0 Å². The van der Waals surface area contributed by atoms with Gasteiger partial charge in [-0.05, 0) is 22.0 Å². The molecule has 1 rings (SSSR count). The molecule has 1 amide bonds. The Morgan fingerprint density at radius 2 is 2.33 bits per heavy atom. The van der Waals surface area contributed by atoms with Gasteiger partial charge >= 0.3 is 0 Å². The third kappa shape index (κ3) is 4.44. The van der Waals surface area contributed by atoms with Crippen LogP contribution in [0.1, 0.15) is 10.4 Å². The van der Waals surface area contributed by atoms with Crippen molar-refractivity contribution in [3.05, 3.63) is 40.6 Å². The Bertz CT molecular complexity index is 368. The van der Waals surface area contributed by atoms with E-state index in [1.807, 2.05) is 0 Å². The molecule has 0 spiro atoms. The van der Waals surface area contributed by atoms with Gasteiger partial charge in [0.05, 0.1) is 5.56 Å². The molecule has 0 unspecified atom stereocenters. The summed E-state index contributed by atoms with van der Waals surface area (Å²) in [4.78, 5) is 15.4. The number of nitrogens with zero attached hydrogens (tertiary/aromatic N) is 1. The minimum absolute atomic E-state index is 0.150. The molecule has 0 aliphatic heterocycles. The third-order valence-electron chi connectivity index (χ3n) is 1.60. The summed E-state index contributed by atoms with van der Waals surface area (Å²) >= 11 is 8.69. The quantitative estimate of drug-likeness (QED) is 0.683. The molecule has 0 saturated carbocycles. The van der Waals surface area contributed by atoms with Crippen molar-refractivity contribution in [2.45, 2.75) is 0 Å². The average molecular weight is 290 g/mol. The molecule has 1 N–H and O–H groups in total. The number of halogens is 2. The Labute approximate surface area is 102 Å². The number of nitrogens with one attached hydrogen (secondary N) is 1. The van der Waals surface area contributed by atoms with Gasteiger partial charge in [0.2, 0.25) is 0 Å². The smallest absolute Gasteiger partial charge is 0.253 e. The molecule has 80 valence electrons. The summed E-state index contributed by atoms with van der Waals surface area (Å²) in [5.41, 5.74) is 0.531. The second-order valence-corrected chi connectivity index (χ2v) is 3.95. The largest absolute Gasteiger partial charge is 0.349 e. The van der Waals surface area contributed by atoms with E-state index in [2.05, 4.69) is 26.2 Å². The summed E-state index contributed by atoms with van der Waals surface area (Å²) in [5, 5.41) is 2.72. The van der Waals surface area contributed by atoms with Crippen LogP contribution in [-0.2, 0) is 0 Å². The Kier molecular flexibility index (Phi) is 5.36. The Balaban J connectivity index is 2.50. The lowest BCUT2D eigenvalue weighted by molar-refractivity contribution is 0.0957. The Morgan fingerprint density at radius 1 is 1.53 bits per heavy atom. The lowest BCUT2D eigenvalue weighted by atomic mass is 10.3. The molecule has 0 bridgehead atoms. The fourth-order valence-electron chi connectivity index (χ4n) is 0.936. The van der Waals surface area contributed by atoms with Crippen molar-refractivity contribution in [1.29, 1.82) is 0 Å². The minimum Gasteiger partial charge on any atom is -0.349 e. The van der Waals surface area contributed by atoms with Crippen LogP contribution in [-0.4, -0.2) is 23.3 Å². The monoisotopic (exact) mass is 288 g/mol. The molecule has 1 aromatic heterocycles. The molecule has 15 heavy (non-hydrogen) atoms. The topological polar surface area (TPSA) is 42.0 Å². The van der Waals surface area contributed by atoms with Gasteiger partial charge in [0.25, 0.3) is 5.91 Å². The number of carbonyl (C=O) groups is 1. The molecule has 0 saturated heterocycles. The standard InChI is InChI=1S/C10H10BrClN2O/c11-9-5-8(6-13-7-9)10(15)14-4-2-1-3-12/h1-2,5-7H,3-4H2,(H,14,15)/b2-1+. The predicted octanol–water partition coefficient (Wildman–Crippen LogP) is 2.37. The van der Waals surface area contributed by atoms with Gasteiger partial charge < -0.3 is 5.32 Å². The van der Waals surface area contributed by atoms with Crippen LogP contribution in [0.3, 0.4) is 0 Å². The van der Waals surface area contributed by atoms with E-state index in [9.17, 15) is 4.79 Å². The lowest BCUT2D eigenvalue weighted by Crippen LogP contribution is -2.23. The molecule has 0 radical (unpaired) electrons. The maximum atomic E-state index is 11.5. The van der Waals surface area contributed by atoms with Gasteiger partial charge in [0.15, 0.2) is 0 Å². The summed E-state index contributed by atoms with van der Waals surface area (Å²) in [5.74, 6) is 0.303. The maximum absolute atomic E-state index is 11.5. The first-order valence-corrected chi connectivity index (χ1v) is 5.66. The summed E-state index contributed by atoms with van der Waals surface area (Å²) < 4.78 is 0.784. The third-order valence-corrected chi connectivity index (χ3v) is 2.22. The molecule has 3 nitrogen and oxygen atoms in total. The summed E-state index contributed by atoms with van der Waals surface area (Å²) in [7, 11) is 0. The van der Waals surface area contributed by atoms with Crippen LogP contribution >= 0.6 is 27.5 Å². The molecular weight excluding hydrogens is 279 g/mol. The molecule has 0 aliphatic carbocycles. The van der Waals surface area contributed by atoms with E-state index in [1.165, 1.54) is 6.20 Å². The fourth-order valence-corrected chi connectivity index (χ4v) is 1.43. The lowest BCUT2D eigenvalue weighted by Gasteiger charge is -2.01. The number of pyridine rings is 1. The number of hydrogen-bond acceptors (Lipinski definition) is 2. The zero-order valence-corrected chi connectivity index (χ0v) is 10.3. The van der Waals surface area contributed by atoms with Gasteiger partial charge in [-0.1, -0.05) is 12.2 Å². The van der Waals surface area contributed by atoms with Crippen LogP contribution in [0.15, 0.2) is 35.1 Å². The second-order valence-electron chi connectivity index (χ2n) is 2.73. The van der Waals surface area contributed by atoms with E-state index >= 15 is 0 Å². The van der Waals surface area contributed by atoms with Gasteiger partial charge in [0.1, 0.15) is 0 Å². The van der Waals surface area contributed by atoms with E-state index in [1.54, 1.807) is 24.4 Å². The average Bonchev–Trinajstić information content (AvgIpc) is 2.24. The zero-order valence-electron chi connectivity index (χ0n) is 7.91. The van der Waals surface area contributed by atoms with Gasteiger partial charge in [-0.3, -0.25) is 9.78 Å². The highest BCUT2D eigenvalue weighted by molar-refractivity contribution is 9.10. The zero-order chi connectivity index (χ0) is 11.1. The SMILES string of the molecule is O=C(NC/C=C/CCl)c1cncc(Br)c1. The van der Waals surface area contributed by atoms with E-state index < -0.39 is 0 Å². The molecule has 1 aromatic rings. The summed E-state index contributed by atoms with van der Waals surface area (Å²) in [6, 6.07) is 1.72. The van der Waals surface area contributed by atoms with E-state index in [-0.39, 0.29) is 5.91 Å². The Morgan fingerprint density at radius 3 is 3.00 bits per heavy atom. The van der Waals surface area contributed by atoms with Crippen molar-refractivity contribution in [2.24, 2.45) is 0 Å². The summed E-state index contributed by atoms with van der Waals surface area (Å²) in [6.45, 7) is 0.470. The van der Waals surface area contributed by atoms with E-state index in [4.69, 9.17) is 11.6 Å². The molecular formula is C10H10BrClN2O. The van der Waals surface area contributed by atoms with Crippen molar-refractivity contribution in [3.8, 4) is 0 Å². The highest BCUT2D eigenvalue weighted by Crippen LogP contribution is 2.09. The van der Waals surface area contributed by atoms with Crippen LogP contribution in [0, 0.1) is 0 Å². The number of rotatable bonds is 4. The molecule has 0 atom stereocenters. The number of alkyl halides is 1. The first-order chi connectivity index (χ1) is 7.24. The number of hydrogen-bond donors (Lipinski definition) is 1. The molecule has 0 aliphatic rings. The van der Waals surface area contributed by atoms with Crippen molar-refractivity contribution in [2.75, 3.05) is 12.4 Å². The molecule has 5 heteroatoms. The van der Waals surface area contributed by atoms with Crippen LogP contribution in [0.5, 0.6) is 0 Å². The first-order valence-electron chi connectivity index (χ1n) is 4.33. The highest BCUT2D eigenvalue weighted by atomic mass is 79.9. The fraction of sp³-hybridized carbons (Fsp3) is 0.200. The van der Waals surface area contributed by atoms with Crippen molar-refractivity contribution in [3.63, 3.8) is 0 Å². The van der Waals surface area contributed by atoms with E-state index in [0.717, 1.165) is 4.47 Å².